The molecule has 2 aromatic carbocycles. The van der Waals surface area contributed by atoms with Crippen LogP contribution < -0.4 is 9.64 Å². The Kier molecular flexibility index (Phi) is 7.09. The molecule has 0 fully saturated rings. The number of fused-ring (bicyclic) bond motifs is 1. The maximum absolute atomic E-state index is 13.6. The van der Waals surface area contributed by atoms with Gasteiger partial charge in [-0.05, 0) is 30.2 Å². The van der Waals surface area contributed by atoms with E-state index in [1.807, 2.05) is 61.7 Å². The van der Waals surface area contributed by atoms with Crippen LogP contribution in [-0.2, 0) is 29.9 Å². The molecule has 0 saturated heterocycles. The number of hydrogen-bond acceptors (Lipinski definition) is 6. The van der Waals surface area contributed by atoms with Gasteiger partial charge in [0.1, 0.15) is 5.75 Å². The van der Waals surface area contributed by atoms with E-state index in [1.54, 1.807) is 28.8 Å². The summed E-state index contributed by atoms with van der Waals surface area (Å²) in [5.41, 5.74) is 1.27. The molecule has 0 radical (unpaired) electrons. The highest BCUT2D eigenvalue weighted by atomic mass is 16.5. The molecule has 0 aliphatic carbocycles. The number of amides is 1. The van der Waals surface area contributed by atoms with Crippen molar-refractivity contribution in [2.75, 3.05) is 18.6 Å². The van der Waals surface area contributed by atoms with Gasteiger partial charge in [0, 0.05) is 37.3 Å². The molecule has 0 bridgehead atoms. The van der Waals surface area contributed by atoms with E-state index in [0.717, 1.165) is 11.3 Å². The summed E-state index contributed by atoms with van der Waals surface area (Å²) in [5, 5.41) is 28.9. The Morgan fingerprint density at radius 2 is 2.00 bits per heavy atom. The fourth-order valence-electron chi connectivity index (χ4n) is 4.30. The Balaban J connectivity index is 1.54. The zero-order chi connectivity index (χ0) is 24.1. The maximum Gasteiger partial charge on any atom is 0.264 e. The minimum Gasteiger partial charge on any atom is -0.497 e. The van der Waals surface area contributed by atoms with E-state index >= 15 is 0 Å². The first-order chi connectivity index (χ1) is 16.5. The first-order valence-electron chi connectivity index (χ1n) is 11.4. The van der Waals surface area contributed by atoms with E-state index in [1.165, 1.54) is 0 Å². The van der Waals surface area contributed by atoms with Crippen molar-refractivity contribution in [2.45, 2.75) is 38.5 Å². The number of aryl methyl sites for hydroxylation is 1. The molecule has 8 nitrogen and oxygen atoms in total. The summed E-state index contributed by atoms with van der Waals surface area (Å²) in [4.78, 5) is 15.3. The van der Waals surface area contributed by atoms with Gasteiger partial charge in [0.15, 0.2) is 5.60 Å². The van der Waals surface area contributed by atoms with Gasteiger partial charge in [0.2, 0.25) is 0 Å². The third kappa shape index (κ3) is 4.60. The van der Waals surface area contributed by atoms with Crippen LogP contribution in [0.25, 0.3) is 0 Å². The molecule has 1 aromatic heterocycles. The monoisotopic (exact) mass is 462 g/mol. The summed E-state index contributed by atoms with van der Waals surface area (Å²) in [5.74, 6) is -0.221. The maximum atomic E-state index is 13.6. The SMILES string of the molecule is COc1ccc2c(c1)[C@@](O)([C@H](C)/C=C/CCn1cc(CCO)nn1)C(=O)N2Cc1ccccc1. The van der Waals surface area contributed by atoms with Crippen molar-refractivity contribution in [1.29, 1.82) is 0 Å². The van der Waals surface area contributed by atoms with E-state index in [4.69, 9.17) is 9.84 Å². The Labute approximate surface area is 199 Å². The number of aliphatic hydroxyl groups excluding tert-OH is 1. The quantitative estimate of drug-likeness (QED) is 0.450. The molecular formula is C26H30N4O4. The molecule has 4 rings (SSSR count). The molecule has 0 spiro atoms. The number of rotatable bonds is 10. The summed E-state index contributed by atoms with van der Waals surface area (Å²) in [6.45, 7) is 2.87. The number of allylic oxidation sites excluding steroid dienone is 1. The van der Waals surface area contributed by atoms with Gasteiger partial charge < -0.3 is 19.8 Å². The second-order valence-corrected chi connectivity index (χ2v) is 8.48. The van der Waals surface area contributed by atoms with Crippen LogP contribution in [0.4, 0.5) is 5.69 Å². The van der Waals surface area contributed by atoms with Crippen LogP contribution in [0, 0.1) is 5.92 Å². The average Bonchev–Trinajstić information content (AvgIpc) is 3.39. The minimum absolute atomic E-state index is 0.0380. The normalized spacial score (nSPS) is 18.5. The molecule has 34 heavy (non-hydrogen) atoms. The molecular weight excluding hydrogens is 432 g/mol. The van der Waals surface area contributed by atoms with Gasteiger partial charge in [-0.1, -0.05) is 54.6 Å². The first-order valence-corrected chi connectivity index (χ1v) is 11.4. The van der Waals surface area contributed by atoms with Crippen LogP contribution in [0.2, 0.25) is 0 Å². The zero-order valence-corrected chi connectivity index (χ0v) is 19.5. The molecule has 2 atom stereocenters. The molecule has 2 N–H and O–H groups in total. The highest BCUT2D eigenvalue weighted by Gasteiger charge is 2.52. The number of aromatic nitrogens is 3. The van der Waals surface area contributed by atoms with E-state index in [0.29, 0.717) is 42.9 Å². The van der Waals surface area contributed by atoms with Gasteiger partial charge in [0.05, 0.1) is 25.0 Å². The average molecular weight is 463 g/mol. The predicted molar refractivity (Wildman–Crippen MR) is 128 cm³/mol. The van der Waals surface area contributed by atoms with Crippen LogP contribution >= 0.6 is 0 Å². The summed E-state index contributed by atoms with van der Waals surface area (Å²) in [7, 11) is 1.57. The molecule has 3 aromatic rings. The fraction of sp³-hybridized carbons (Fsp3) is 0.346. The number of benzene rings is 2. The van der Waals surface area contributed by atoms with E-state index in [2.05, 4.69) is 10.3 Å². The fourth-order valence-corrected chi connectivity index (χ4v) is 4.30. The summed E-state index contributed by atoms with van der Waals surface area (Å²) in [6, 6.07) is 15.1. The second-order valence-electron chi connectivity index (χ2n) is 8.48. The van der Waals surface area contributed by atoms with Crippen molar-refractivity contribution in [3.8, 4) is 5.75 Å². The van der Waals surface area contributed by atoms with Gasteiger partial charge in [-0.25, -0.2) is 0 Å². The summed E-state index contributed by atoms with van der Waals surface area (Å²) >= 11 is 0. The number of ether oxygens (including phenoxy) is 1. The molecule has 8 heteroatoms. The smallest absolute Gasteiger partial charge is 0.264 e. The largest absolute Gasteiger partial charge is 0.497 e. The molecule has 178 valence electrons. The van der Waals surface area contributed by atoms with Crippen LogP contribution in [0.5, 0.6) is 5.75 Å². The van der Waals surface area contributed by atoms with Gasteiger partial charge in [-0.2, -0.15) is 0 Å². The highest BCUT2D eigenvalue weighted by molar-refractivity contribution is 6.07. The Hall–Kier alpha value is -3.49. The molecule has 1 amide bonds. The van der Waals surface area contributed by atoms with E-state index in [9.17, 15) is 9.90 Å². The third-order valence-corrected chi connectivity index (χ3v) is 6.22. The Morgan fingerprint density at radius 1 is 1.21 bits per heavy atom. The molecule has 0 saturated carbocycles. The van der Waals surface area contributed by atoms with Crippen molar-refractivity contribution < 1.29 is 19.7 Å². The van der Waals surface area contributed by atoms with Gasteiger partial charge in [-0.15, -0.1) is 5.10 Å². The van der Waals surface area contributed by atoms with Crippen LogP contribution in [-0.4, -0.2) is 44.8 Å². The summed E-state index contributed by atoms with van der Waals surface area (Å²) < 4.78 is 7.10. The lowest BCUT2D eigenvalue weighted by Gasteiger charge is -2.27. The summed E-state index contributed by atoms with van der Waals surface area (Å²) in [6.07, 6.45) is 6.77. The van der Waals surface area contributed by atoms with Crippen molar-refractivity contribution in [2.24, 2.45) is 5.92 Å². The number of carbonyl (C=O) groups is 1. The predicted octanol–water partition coefficient (Wildman–Crippen LogP) is 2.84. The molecule has 1 aliphatic heterocycles. The lowest BCUT2D eigenvalue weighted by Crippen LogP contribution is -2.44. The number of methoxy groups -OCH3 is 1. The van der Waals surface area contributed by atoms with E-state index in [-0.39, 0.29) is 12.5 Å². The number of hydrogen-bond donors (Lipinski definition) is 2. The Bertz CT molecular complexity index is 1160. The van der Waals surface area contributed by atoms with Crippen LogP contribution in [0.1, 0.15) is 30.2 Å². The number of nitrogens with zero attached hydrogens (tertiary/aromatic N) is 4. The van der Waals surface area contributed by atoms with Gasteiger partial charge in [0.25, 0.3) is 5.91 Å². The van der Waals surface area contributed by atoms with Crippen molar-refractivity contribution >= 4 is 11.6 Å². The molecule has 0 unspecified atom stereocenters. The molecule has 1 aliphatic rings. The van der Waals surface area contributed by atoms with Crippen LogP contribution in [0.15, 0.2) is 66.9 Å². The number of aliphatic hydroxyl groups is 2. The minimum atomic E-state index is -1.70. The number of carbonyl (C=O) groups excluding carboxylic acids is 1. The van der Waals surface area contributed by atoms with Crippen molar-refractivity contribution in [1.82, 2.24) is 15.0 Å². The lowest BCUT2D eigenvalue weighted by atomic mass is 9.83. The first kappa shape index (κ1) is 23.7. The second kappa shape index (κ2) is 10.2. The third-order valence-electron chi connectivity index (χ3n) is 6.22. The van der Waals surface area contributed by atoms with Crippen molar-refractivity contribution in [3.05, 3.63) is 83.7 Å². The standard InChI is InChI=1S/C26H30N4O4/c1-19(8-6-7-14-29-18-21(13-15-31)27-28-29)26(33)23-16-22(34-2)11-12-24(23)30(25(26)32)17-20-9-4-3-5-10-20/h3-6,8-12,16,18-19,31,33H,7,13-15,17H2,1-2H3/b8-6+/t19-,26+/m1/s1. The Morgan fingerprint density at radius 3 is 2.74 bits per heavy atom. The lowest BCUT2D eigenvalue weighted by molar-refractivity contribution is -0.139. The molecule has 2 heterocycles. The zero-order valence-electron chi connectivity index (χ0n) is 19.5. The van der Waals surface area contributed by atoms with Crippen LogP contribution in [0.3, 0.4) is 0 Å². The van der Waals surface area contributed by atoms with Gasteiger partial charge >= 0.3 is 0 Å². The van der Waals surface area contributed by atoms with Gasteiger partial charge in [-0.3, -0.25) is 9.48 Å². The van der Waals surface area contributed by atoms with Crippen molar-refractivity contribution in [3.63, 3.8) is 0 Å². The topological polar surface area (TPSA) is 101 Å². The highest BCUT2D eigenvalue weighted by Crippen LogP contribution is 2.47. The van der Waals surface area contributed by atoms with E-state index < -0.39 is 11.5 Å². The number of anilines is 1.